The van der Waals surface area contributed by atoms with Gasteiger partial charge in [-0.1, -0.05) is 12.2 Å². The van der Waals surface area contributed by atoms with Crippen molar-refractivity contribution < 1.29 is 14.7 Å². The van der Waals surface area contributed by atoms with Crippen LogP contribution in [0.3, 0.4) is 0 Å². The number of amides is 1. The summed E-state index contributed by atoms with van der Waals surface area (Å²) in [6.45, 7) is 0. The summed E-state index contributed by atoms with van der Waals surface area (Å²) in [7, 11) is 0. The summed E-state index contributed by atoms with van der Waals surface area (Å²) >= 11 is 1.46. The normalized spacial score (nSPS) is 22.9. The summed E-state index contributed by atoms with van der Waals surface area (Å²) < 4.78 is 0. The van der Waals surface area contributed by atoms with E-state index in [4.69, 9.17) is 0 Å². The molecule has 6 heteroatoms. The Morgan fingerprint density at radius 3 is 2.68 bits per heavy atom. The highest BCUT2D eigenvalue weighted by molar-refractivity contribution is 7.16. The average molecular weight is 316 g/mol. The number of anilines is 1. The molecule has 1 aromatic rings. The van der Waals surface area contributed by atoms with E-state index >= 15 is 0 Å². The minimum atomic E-state index is -0.946. The summed E-state index contributed by atoms with van der Waals surface area (Å²) in [6.07, 6.45) is 7.35. The van der Waals surface area contributed by atoms with Crippen molar-refractivity contribution >= 4 is 28.2 Å². The van der Waals surface area contributed by atoms with Crippen molar-refractivity contribution in [2.45, 2.75) is 32.1 Å². The summed E-state index contributed by atoms with van der Waals surface area (Å²) in [6, 6.07) is 2.18. The van der Waals surface area contributed by atoms with Crippen molar-refractivity contribution in [1.29, 1.82) is 5.26 Å². The van der Waals surface area contributed by atoms with Crippen LogP contribution in [-0.2, 0) is 22.4 Å². The van der Waals surface area contributed by atoms with Crippen LogP contribution in [0.1, 0.15) is 35.3 Å². The molecule has 0 saturated carbocycles. The average Bonchev–Trinajstić information content (AvgIpc) is 3.07. The van der Waals surface area contributed by atoms with Crippen LogP contribution < -0.4 is 5.32 Å². The van der Waals surface area contributed by atoms with Crippen LogP contribution in [0.5, 0.6) is 0 Å². The number of aliphatic carboxylic acids is 1. The van der Waals surface area contributed by atoms with Gasteiger partial charge in [-0.2, -0.15) is 5.26 Å². The number of thiophene rings is 1. The highest BCUT2D eigenvalue weighted by Crippen LogP contribution is 2.39. The van der Waals surface area contributed by atoms with Crippen molar-refractivity contribution in [3.05, 3.63) is 28.2 Å². The summed E-state index contributed by atoms with van der Waals surface area (Å²) in [5.74, 6) is -2.51. The second-order valence-corrected chi connectivity index (χ2v) is 6.76. The third kappa shape index (κ3) is 2.53. The van der Waals surface area contributed by atoms with Crippen molar-refractivity contribution in [2.24, 2.45) is 11.8 Å². The molecule has 114 valence electrons. The fourth-order valence-corrected chi connectivity index (χ4v) is 4.43. The fraction of sp³-hybridized carbons (Fsp3) is 0.438. The zero-order chi connectivity index (χ0) is 15.7. The van der Waals surface area contributed by atoms with Gasteiger partial charge in [0.1, 0.15) is 11.1 Å². The van der Waals surface area contributed by atoms with Gasteiger partial charge in [-0.3, -0.25) is 9.59 Å². The van der Waals surface area contributed by atoms with E-state index in [9.17, 15) is 20.0 Å². The van der Waals surface area contributed by atoms with Gasteiger partial charge in [-0.05, 0) is 37.7 Å². The van der Waals surface area contributed by atoms with Crippen LogP contribution in [0.25, 0.3) is 0 Å². The number of hydrogen-bond donors (Lipinski definition) is 2. The molecule has 1 aromatic heterocycles. The zero-order valence-corrected chi connectivity index (χ0v) is 12.8. The van der Waals surface area contributed by atoms with Gasteiger partial charge >= 0.3 is 5.97 Å². The standard InChI is InChI=1S/C16H16N2O3S/c17-8-12-9-6-3-7-13(9)22-15(12)18-14(19)10-4-1-2-5-11(10)16(20)21/h1-2,10-11H,3-7H2,(H,18,19)(H,20,21). The third-order valence-electron chi connectivity index (χ3n) is 4.36. The first-order valence-corrected chi connectivity index (χ1v) is 8.16. The van der Waals surface area contributed by atoms with Gasteiger partial charge in [0.15, 0.2) is 0 Å². The Morgan fingerprint density at radius 1 is 1.27 bits per heavy atom. The number of hydrogen-bond acceptors (Lipinski definition) is 4. The highest BCUT2D eigenvalue weighted by Gasteiger charge is 2.35. The molecule has 0 aliphatic heterocycles. The second-order valence-electron chi connectivity index (χ2n) is 5.66. The maximum atomic E-state index is 12.5. The lowest BCUT2D eigenvalue weighted by Crippen LogP contribution is -2.34. The lowest BCUT2D eigenvalue weighted by atomic mass is 9.82. The van der Waals surface area contributed by atoms with E-state index in [1.165, 1.54) is 16.2 Å². The van der Waals surface area contributed by atoms with Gasteiger partial charge in [0.2, 0.25) is 5.91 Å². The summed E-state index contributed by atoms with van der Waals surface area (Å²) in [5, 5.41) is 22.0. The first kappa shape index (κ1) is 14.8. The molecule has 22 heavy (non-hydrogen) atoms. The molecule has 2 atom stereocenters. The van der Waals surface area contributed by atoms with Gasteiger partial charge in [-0.25, -0.2) is 0 Å². The van der Waals surface area contributed by atoms with E-state index in [1.54, 1.807) is 0 Å². The number of carboxylic acid groups (broad SMARTS) is 1. The number of carboxylic acids is 1. The van der Waals surface area contributed by atoms with Crippen molar-refractivity contribution in [3.63, 3.8) is 0 Å². The maximum absolute atomic E-state index is 12.5. The molecular weight excluding hydrogens is 300 g/mol. The molecule has 3 rings (SSSR count). The molecular formula is C16H16N2O3S. The molecule has 1 amide bonds. The van der Waals surface area contributed by atoms with Gasteiger partial charge in [0.05, 0.1) is 17.4 Å². The number of nitrogens with one attached hydrogen (secondary N) is 1. The Morgan fingerprint density at radius 2 is 2.00 bits per heavy atom. The van der Waals surface area contributed by atoms with E-state index in [1.807, 2.05) is 12.2 Å². The number of nitriles is 1. The Hall–Kier alpha value is -2.13. The molecule has 0 aromatic carbocycles. The van der Waals surface area contributed by atoms with E-state index in [-0.39, 0.29) is 5.91 Å². The Labute approximate surface area is 132 Å². The fourth-order valence-electron chi connectivity index (χ4n) is 3.19. The molecule has 0 radical (unpaired) electrons. The molecule has 5 nitrogen and oxygen atoms in total. The molecule has 1 heterocycles. The topological polar surface area (TPSA) is 90.2 Å². The third-order valence-corrected chi connectivity index (χ3v) is 5.56. The summed E-state index contributed by atoms with van der Waals surface area (Å²) in [4.78, 5) is 24.9. The number of aryl methyl sites for hydroxylation is 1. The lowest BCUT2D eigenvalue weighted by molar-refractivity contribution is -0.146. The van der Waals surface area contributed by atoms with Crippen LogP contribution in [0.4, 0.5) is 5.00 Å². The van der Waals surface area contributed by atoms with Crippen molar-refractivity contribution in [2.75, 3.05) is 5.32 Å². The quantitative estimate of drug-likeness (QED) is 0.839. The molecule has 2 N–H and O–H groups in total. The number of allylic oxidation sites excluding steroid dienone is 2. The Balaban J connectivity index is 1.81. The first-order chi connectivity index (χ1) is 10.6. The van der Waals surface area contributed by atoms with Crippen LogP contribution in [0.2, 0.25) is 0 Å². The Bertz CT molecular complexity index is 699. The number of rotatable bonds is 3. The van der Waals surface area contributed by atoms with E-state index in [0.29, 0.717) is 23.4 Å². The minimum absolute atomic E-state index is 0.298. The first-order valence-electron chi connectivity index (χ1n) is 7.35. The SMILES string of the molecule is N#Cc1c(NC(=O)C2CC=CCC2C(=O)O)sc2c1CCC2. The zero-order valence-electron chi connectivity index (χ0n) is 12.0. The van der Waals surface area contributed by atoms with Crippen LogP contribution in [0.15, 0.2) is 12.2 Å². The minimum Gasteiger partial charge on any atom is -0.481 e. The van der Waals surface area contributed by atoms with Crippen LogP contribution in [0, 0.1) is 23.2 Å². The van der Waals surface area contributed by atoms with Crippen LogP contribution >= 0.6 is 11.3 Å². The predicted molar refractivity (Wildman–Crippen MR) is 82.7 cm³/mol. The molecule has 2 aliphatic rings. The number of nitrogens with zero attached hydrogens (tertiary/aromatic N) is 1. The molecule has 0 bridgehead atoms. The monoisotopic (exact) mass is 316 g/mol. The number of carbonyl (C=O) groups excluding carboxylic acids is 1. The van der Waals surface area contributed by atoms with Gasteiger partial charge in [0, 0.05) is 4.88 Å². The van der Waals surface area contributed by atoms with Crippen molar-refractivity contribution in [1.82, 2.24) is 0 Å². The smallest absolute Gasteiger partial charge is 0.307 e. The lowest BCUT2D eigenvalue weighted by Gasteiger charge is -2.24. The molecule has 0 spiro atoms. The number of carbonyl (C=O) groups is 2. The molecule has 0 fully saturated rings. The predicted octanol–water partition coefficient (Wildman–Crippen LogP) is 2.71. The van der Waals surface area contributed by atoms with Gasteiger partial charge in [-0.15, -0.1) is 11.3 Å². The van der Waals surface area contributed by atoms with E-state index < -0.39 is 17.8 Å². The highest BCUT2D eigenvalue weighted by atomic mass is 32.1. The molecule has 2 unspecified atom stereocenters. The van der Waals surface area contributed by atoms with E-state index in [2.05, 4.69) is 11.4 Å². The van der Waals surface area contributed by atoms with Gasteiger partial charge in [0.25, 0.3) is 0 Å². The molecule has 2 aliphatic carbocycles. The van der Waals surface area contributed by atoms with E-state index in [0.717, 1.165) is 24.8 Å². The van der Waals surface area contributed by atoms with Gasteiger partial charge < -0.3 is 10.4 Å². The number of fused-ring (bicyclic) bond motifs is 1. The second kappa shape index (κ2) is 5.93. The van der Waals surface area contributed by atoms with Crippen LogP contribution in [-0.4, -0.2) is 17.0 Å². The van der Waals surface area contributed by atoms with Crippen molar-refractivity contribution in [3.8, 4) is 6.07 Å². The molecule has 0 saturated heterocycles. The Kier molecular flexibility index (Phi) is 3.99. The summed E-state index contributed by atoms with van der Waals surface area (Å²) in [5.41, 5.74) is 1.62. The maximum Gasteiger partial charge on any atom is 0.307 e. The largest absolute Gasteiger partial charge is 0.481 e.